The number of hydrogen-bond acceptors (Lipinski definition) is 5. The molecule has 0 unspecified atom stereocenters. The van der Waals surface area contributed by atoms with Crippen LogP contribution in [0.4, 0.5) is 0 Å². The minimum Gasteiger partial charge on any atom is -0.488 e. The van der Waals surface area contributed by atoms with E-state index in [0.29, 0.717) is 53.6 Å². The zero-order valence-corrected chi connectivity index (χ0v) is 19.1. The number of fused-ring (bicyclic) bond motifs is 2. The molecule has 1 aromatic heterocycles. The fourth-order valence-electron chi connectivity index (χ4n) is 4.25. The topological polar surface area (TPSA) is 57.9 Å². The van der Waals surface area contributed by atoms with Crippen LogP contribution >= 0.6 is 0 Å². The summed E-state index contributed by atoms with van der Waals surface area (Å²) >= 11 is 0. The van der Waals surface area contributed by atoms with E-state index in [1.54, 1.807) is 0 Å². The quantitative estimate of drug-likeness (QED) is 0.380. The molecule has 0 spiro atoms. The molecule has 3 aromatic carbocycles. The van der Waals surface area contributed by atoms with Gasteiger partial charge in [-0.15, -0.1) is 0 Å². The lowest BCUT2D eigenvalue weighted by molar-refractivity contribution is 0.171. The van der Waals surface area contributed by atoms with Crippen molar-refractivity contribution < 1.29 is 18.6 Å². The van der Waals surface area contributed by atoms with Crippen LogP contribution in [0.5, 0.6) is 17.2 Å². The minimum atomic E-state index is -0.0643. The van der Waals surface area contributed by atoms with E-state index in [2.05, 4.69) is 26.0 Å². The Morgan fingerprint density at radius 1 is 0.909 bits per heavy atom. The van der Waals surface area contributed by atoms with Gasteiger partial charge in [-0.05, 0) is 60.7 Å². The third kappa shape index (κ3) is 3.95. The molecule has 5 nitrogen and oxygen atoms in total. The molecular weight excluding hydrogens is 416 g/mol. The molecule has 33 heavy (non-hydrogen) atoms. The molecule has 0 fully saturated rings. The fourth-order valence-corrected chi connectivity index (χ4v) is 4.25. The molecule has 0 saturated carbocycles. The summed E-state index contributed by atoms with van der Waals surface area (Å²) in [6.45, 7) is 7.42. The van der Waals surface area contributed by atoms with Gasteiger partial charge in [-0.3, -0.25) is 4.79 Å². The van der Waals surface area contributed by atoms with Gasteiger partial charge in [0.05, 0.1) is 10.9 Å². The Morgan fingerprint density at radius 3 is 2.48 bits per heavy atom. The van der Waals surface area contributed by atoms with Gasteiger partial charge in [0.25, 0.3) is 0 Å². The zero-order chi connectivity index (χ0) is 22.9. The highest BCUT2D eigenvalue weighted by atomic mass is 16.6. The highest BCUT2D eigenvalue weighted by molar-refractivity contribution is 5.85. The molecule has 0 aliphatic carbocycles. The Balaban J connectivity index is 1.56. The van der Waals surface area contributed by atoms with Crippen molar-refractivity contribution in [2.75, 3.05) is 13.2 Å². The molecule has 4 aromatic rings. The first-order valence-electron chi connectivity index (χ1n) is 11.2. The normalized spacial score (nSPS) is 12.7. The second kappa shape index (κ2) is 8.66. The monoisotopic (exact) mass is 442 g/mol. The Bertz CT molecular complexity index is 1400. The Hall–Kier alpha value is -3.73. The number of hydrogen-bond donors (Lipinski definition) is 0. The highest BCUT2D eigenvalue weighted by Gasteiger charge is 2.19. The van der Waals surface area contributed by atoms with Crippen molar-refractivity contribution in [1.82, 2.24) is 0 Å². The average molecular weight is 443 g/mol. The van der Waals surface area contributed by atoms with Crippen LogP contribution in [0, 0.1) is 13.8 Å². The van der Waals surface area contributed by atoms with Gasteiger partial charge in [0.1, 0.15) is 36.9 Å². The van der Waals surface area contributed by atoms with Gasteiger partial charge in [-0.25, -0.2) is 0 Å². The lowest BCUT2D eigenvalue weighted by Crippen LogP contribution is -2.15. The molecule has 0 atom stereocenters. The molecule has 1 aliphatic rings. The lowest BCUT2D eigenvalue weighted by Gasteiger charge is -2.19. The highest BCUT2D eigenvalue weighted by Crippen LogP contribution is 2.36. The van der Waals surface area contributed by atoms with E-state index in [9.17, 15) is 4.79 Å². The number of benzene rings is 3. The Labute approximate surface area is 192 Å². The fraction of sp³-hybridized carbons (Fsp3) is 0.250. The molecule has 5 rings (SSSR count). The van der Waals surface area contributed by atoms with Gasteiger partial charge in [0.2, 0.25) is 5.43 Å². The third-order valence-electron chi connectivity index (χ3n) is 6.11. The summed E-state index contributed by atoms with van der Waals surface area (Å²) in [6.07, 6.45) is 0.742. The summed E-state index contributed by atoms with van der Waals surface area (Å²) in [7, 11) is 0. The Kier molecular flexibility index (Phi) is 5.55. The summed E-state index contributed by atoms with van der Waals surface area (Å²) in [4.78, 5) is 13.5. The lowest BCUT2D eigenvalue weighted by atomic mass is 10.00. The van der Waals surface area contributed by atoms with E-state index < -0.39 is 0 Å². The van der Waals surface area contributed by atoms with Crippen molar-refractivity contribution in [3.63, 3.8) is 0 Å². The Morgan fingerprint density at radius 2 is 1.70 bits per heavy atom. The summed E-state index contributed by atoms with van der Waals surface area (Å²) in [5, 5.41) is 0.547. The van der Waals surface area contributed by atoms with Crippen molar-refractivity contribution >= 4 is 11.0 Å². The van der Waals surface area contributed by atoms with Crippen LogP contribution < -0.4 is 19.6 Å². The number of ether oxygens (including phenoxy) is 3. The first-order chi connectivity index (χ1) is 16.0. The molecule has 2 heterocycles. The van der Waals surface area contributed by atoms with E-state index in [4.69, 9.17) is 18.6 Å². The summed E-state index contributed by atoms with van der Waals surface area (Å²) in [6, 6.07) is 17.5. The third-order valence-corrected chi connectivity index (χ3v) is 6.11. The summed E-state index contributed by atoms with van der Waals surface area (Å²) in [5.74, 6) is 2.63. The van der Waals surface area contributed by atoms with E-state index >= 15 is 0 Å². The van der Waals surface area contributed by atoms with Crippen molar-refractivity contribution in [2.45, 2.75) is 33.8 Å². The standard InChI is InChI=1S/C28H26O5/c1-4-19-13-22-25(15-24(19)32-16-21-8-6-5-7-17(21)2)33-18(3)27(28(22)29)20-9-10-23-26(14-20)31-12-11-30-23/h5-10,13-15H,4,11-12,16H2,1-3H3. The number of aryl methyl sites for hydroxylation is 3. The van der Waals surface area contributed by atoms with Gasteiger partial charge in [-0.1, -0.05) is 37.3 Å². The maximum absolute atomic E-state index is 13.5. The zero-order valence-electron chi connectivity index (χ0n) is 19.1. The maximum Gasteiger partial charge on any atom is 0.200 e. The van der Waals surface area contributed by atoms with Crippen LogP contribution in [0.15, 0.2) is 63.8 Å². The van der Waals surface area contributed by atoms with Crippen LogP contribution in [-0.2, 0) is 13.0 Å². The van der Waals surface area contributed by atoms with Gasteiger partial charge in [-0.2, -0.15) is 0 Å². The molecule has 0 N–H and O–H groups in total. The molecular formula is C28H26O5. The molecule has 0 radical (unpaired) electrons. The first-order valence-corrected chi connectivity index (χ1v) is 11.2. The van der Waals surface area contributed by atoms with Gasteiger partial charge >= 0.3 is 0 Å². The molecule has 0 bridgehead atoms. The predicted molar refractivity (Wildman–Crippen MR) is 129 cm³/mol. The van der Waals surface area contributed by atoms with Crippen molar-refractivity contribution in [2.24, 2.45) is 0 Å². The maximum atomic E-state index is 13.5. The van der Waals surface area contributed by atoms with Crippen LogP contribution in [0.3, 0.4) is 0 Å². The van der Waals surface area contributed by atoms with Crippen molar-refractivity contribution in [3.05, 3.63) is 87.3 Å². The predicted octanol–water partition coefficient (Wildman–Crippen LogP) is 5.99. The molecule has 5 heteroatoms. The minimum absolute atomic E-state index is 0.0643. The average Bonchev–Trinajstić information content (AvgIpc) is 2.83. The van der Waals surface area contributed by atoms with Gasteiger partial charge < -0.3 is 18.6 Å². The van der Waals surface area contributed by atoms with E-state index in [0.717, 1.165) is 28.9 Å². The van der Waals surface area contributed by atoms with Crippen molar-refractivity contribution in [1.29, 1.82) is 0 Å². The van der Waals surface area contributed by atoms with Gasteiger partial charge in [0, 0.05) is 6.07 Å². The van der Waals surface area contributed by atoms with Crippen LogP contribution in [0.2, 0.25) is 0 Å². The summed E-state index contributed by atoms with van der Waals surface area (Å²) in [5.41, 5.74) is 5.04. The molecule has 0 amide bonds. The second-order valence-corrected chi connectivity index (χ2v) is 8.25. The van der Waals surface area contributed by atoms with Crippen LogP contribution in [0.1, 0.15) is 29.4 Å². The smallest absolute Gasteiger partial charge is 0.200 e. The van der Waals surface area contributed by atoms with Crippen LogP contribution in [0.25, 0.3) is 22.1 Å². The molecule has 0 saturated heterocycles. The van der Waals surface area contributed by atoms with E-state index in [-0.39, 0.29) is 5.43 Å². The van der Waals surface area contributed by atoms with Crippen LogP contribution in [-0.4, -0.2) is 13.2 Å². The summed E-state index contributed by atoms with van der Waals surface area (Å²) < 4.78 is 23.6. The largest absolute Gasteiger partial charge is 0.488 e. The van der Waals surface area contributed by atoms with E-state index in [1.165, 1.54) is 5.56 Å². The second-order valence-electron chi connectivity index (χ2n) is 8.25. The first kappa shape index (κ1) is 21.1. The van der Waals surface area contributed by atoms with Gasteiger partial charge in [0.15, 0.2) is 11.5 Å². The molecule has 168 valence electrons. The molecule has 1 aliphatic heterocycles. The number of rotatable bonds is 5. The van der Waals surface area contributed by atoms with E-state index in [1.807, 2.05) is 49.4 Å². The van der Waals surface area contributed by atoms with Crippen molar-refractivity contribution in [3.8, 4) is 28.4 Å². The SMILES string of the molecule is CCc1cc2c(=O)c(-c3ccc4c(c3)OCCO4)c(C)oc2cc1OCc1ccccc1C.